The number of aliphatic hydroxyl groups is 1. The first-order valence-electron chi connectivity index (χ1n) is 11.6. The van der Waals surface area contributed by atoms with Gasteiger partial charge in [0, 0.05) is 44.2 Å². The summed E-state index contributed by atoms with van der Waals surface area (Å²) in [5, 5.41) is 9.79. The number of primary amides is 1. The van der Waals surface area contributed by atoms with Crippen LogP contribution in [0, 0.1) is 13.5 Å². The molecule has 0 saturated carbocycles. The molecule has 4 rings (SSSR count). The van der Waals surface area contributed by atoms with Gasteiger partial charge in [-0.2, -0.15) is 0 Å². The summed E-state index contributed by atoms with van der Waals surface area (Å²) < 4.78 is 7.17. The highest BCUT2D eigenvalue weighted by atomic mass is 16.5. The molecule has 3 aromatic rings. The number of aromatic nitrogens is 2. The van der Waals surface area contributed by atoms with Gasteiger partial charge in [-0.3, -0.25) is 19.5 Å². The Bertz CT molecular complexity index is 1280. The number of Topliss-reactive ketones (excluding diaryl/α,β-unsaturated/α-hetero) is 1. The predicted molar refractivity (Wildman–Crippen MR) is 132 cm³/mol. The zero-order chi connectivity index (χ0) is 25.1. The summed E-state index contributed by atoms with van der Waals surface area (Å²) in [6.07, 6.45) is 2.13. The molecule has 9 heteroatoms. The minimum atomic E-state index is -0.785. The Kier molecular flexibility index (Phi) is 7.26. The number of carbonyl (C=O) groups excluding carboxylic acids is 2. The average Bonchev–Trinajstić information content (AvgIpc) is 3.14. The molecule has 0 bridgehead atoms. The Morgan fingerprint density at radius 3 is 2.57 bits per heavy atom. The number of hydrogen-bond donors (Lipinski definition) is 2. The Labute approximate surface area is 203 Å². The number of nitrogens with zero attached hydrogens (tertiary/aromatic N) is 4. The molecule has 35 heavy (non-hydrogen) atoms. The van der Waals surface area contributed by atoms with Crippen LogP contribution in [0.3, 0.4) is 0 Å². The lowest BCUT2D eigenvalue weighted by Crippen LogP contribution is -2.39. The number of ketones is 1. The fraction of sp³-hybridized carbons (Fsp3) is 0.385. The molecule has 3 heterocycles. The third-order valence-corrected chi connectivity index (χ3v) is 6.56. The monoisotopic (exact) mass is 475 g/mol. The summed E-state index contributed by atoms with van der Waals surface area (Å²) in [5.74, 6) is -0.594. The number of ether oxygens (including phenoxy) is 1. The molecule has 1 saturated heterocycles. The lowest BCUT2D eigenvalue weighted by molar-refractivity contribution is -0.127. The van der Waals surface area contributed by atoms with Crippen LogP contribution in [-0.4, -0.2) is 70.2 Å². The van der Waals surface area contributed by atoms with E-state index in [0.29, 0.717) is 42.7 Å². The van der Waals surface area contributed by atoms with Crippen molar-refractivity contribution in [1.82, 2.24) is 14.5 Å². The van der Waals surface area contributed by atoms with E-state index in [1.165, 1.54) is 7.11 Å². The largest absolute Gasteiger partial charge is 0.393 e. The SMILES string of the molecule is [C-]#[N+]c1ccc(-n2c(C)c(C(=O)CN3CCC(O)CC3)c3ncc(CC(OC)C(N)=O)cc32)cc1. The van der Waals surface area contributed by atoms with Gasteiger partial charge < -0.3 is 20.1 Å². The van der Waals surface area contributed by atoms with Gasteiger partial charge in [-0.1, -0.05) is 12.1 Å². The first kappa shape index (κ1) is 24.5. The molecule has 9 nitrogen and oxygen atoms in total. The van der Waals surface area contributed by atoms with Crippen molar-refractivity contribution in [3.05, 3.63) is 64.8 Å². The molecule has 0 aliphatic carbocycles. The highest BCUT2D eigenvalue weighted by molar-refractivity contribution is 6.09. The smallest absolute Gasteiger partial charge is 0.246 e. The average molecular weight is 476 g/mol. The molecule has 1 amide bonds. The molecule has 1 aliphatic rings. The summed E-state index contributed by atoms with van der Waals surface area (Å²) in [5.41, 5.74) is 10.1. The number of methoxy groups -OCH3 is 1. The van der Waals surface area contributed by atoms with E-state index in [2.05, 4.69) is 14.7 Å². The van der Waals surface area contributed by atoms with Gasteiger partial charge in [-0.15, -0.1) is 0 Å². The van der Waals surface area contributed by atoms with Crippen LogP contribution in [0.5, 0.6) is 0 Å². The fourth-order valence-electron chi connectivity index (χ4n) is 4.65. The van der Waals surface area contributed by atoms with Crippen molar-refractivity contribution in [2.75, 3.05) is 26.7 Å². The number of aliphatic hydroxyl groups excluding tert-OH is 1. The van der Waals surface area contributed by atoms with E-state index in [0.717, 1.165) is 22.5 Å². The number of benzene rings is 1. The second-order valence-electron chi connectivity index (χ2n) is 8.90. The molecule has 2 aromatic heterocycles. The Morgan fingerprint density at radius 1 is 1.29 bits per heavy atom. The fourth-order valence-corrected chi connectivity index (χ4v) is 4.65. The highest BCUT2D eigenvalue weighted by Gasteiger charge is 2.26. The lowest BCUT2D eigenvalue weighted by atomic mass is 10.0. The zero-order valence-electron chi connectivity index (χ0n) is 19.9. The van der Waals surface area contributed by atoms with Gasteiger partial charge in [0.1, 0.15) is 6.10 Å². The molecule has 0 radical (unpaired) electrons. The van der Waals surface area contributed by atoms with Gasteiger partial charge in [0.15, 0.2) is 11.5 Å². The van der Waals surface area contributed by atoms with E-state index in [9.17, 15) is 14.7 Å². The highest BCUT2D eigenvalue weighted by Crippen LogP contribution is 2.30. The second-order valence-corrected chi connectivity index (χ2v) is 8.90. The summed E-state index contributed by atoms with van der Waals surface area (Å²) >= 11 is 0. The summed E-state index contributed by atoms with van der Waals surface area (Å²) in [6.45, 7) is 10.7. The normalized spacial score (nSPS) is 15.7. The molecular weight excluding hydrogens is 446 g/mol. The van der Waals surface area contributed by atoms with Gasteiger partial charge >= 0.3 is 0 Å². The van der Waals surface area contributed by atoms with Crippen molar-refractivity contribution in [1.29, 1.82) is 0 Å². The number of nitrogens with two attached hydrogens (primary N) is 1. The second kappa shape index (κ2) is 10.4. The lowest BCUT2D eigenvalue weighted by Gasteiger charge is -2.28. The topological polar surface area (TPSA) is 115 Å². The predicted octanol–water partition coefficient (Wildman–Crippen LogP) is 2.57. The van der Waals surface area contributed by atoms with Crippen molar-refractivity contribution in [2.45, 2.75) is 38.4 Å². The third-order valence-electron chi connectivity index (χ3n) is 6.56. The number of pyridine rings is 1. The Hall–Kier alpha value is -3.58. The quantitative estimate of drug-likeness (QED) is 0.382. The van der Waals surface area contributed by atoms with Crippen molar-refractivity contribution < 1.29 is 19.4 Å². The van der Waals surface area contributed by atoms with E-state index < -0.39 is 12.0 Å². The molecule has 3 N–H and O–H groups in total. The van der Waals surface area contributed by atoms with Crippen molar-refractivity contribution in [2.24, 2.45) is 5.73 Å². The van der Waals surface area contributed by atoms with Crippen LogP contribution in [0.15, 0.2) is 36.5 Å². The molecule has 1 atom stereocenters. The van der Waals surface area contributed by atoms with Crippen LogP contribution in [0.4, 0.5) is 5.69 Å². The number of carbonyl (C=O) groups is 2. The minimum absolute atomic E-state index is 0.0347. The van der Waals surface area contributed by atoms with Crippen LogP contribution in [0.2, 0.25) is 0 Å². The first-order valence-corrected chi connectivity index (χ1v) is 11.6. The summed E-state index contributed by atoms with van der Waals surface area (Å²) in [7, 11) is 1.43. The molecule has 1 aromatic carbocycles. The third kappa shape index (κ3) is 5.10. The number of hydrogen-bond acceptors (Lipinski definition) is 6. The molecule has 1 unspecified atom stereocenters. The Balaban J connectivity index is 1.78. The maximum atomic E-state index is 13.5. The van der Waals surface area contributed by atoms with Gasteiger partial charge in [0.05, 0.1) is 35.8 Å². The van der Waals surface area contributed by atoms with E-state index in [1.54, 1.807) is 18.3 Å². The zero-order valence-corrected chi connectivity index (χ0v) is 19.9. The van der Waals surface area contributed by atoms with E-state index in [4.69, 9.17) is 17.0 Å². The number of piperidine rings is 1. The van der Waals surface area contributed by atoms with Crippen molar-refractivity contribution >= 4 is 28.4 Å². The summed E-state index contributed by atoms with van der Waals surface area (Å²) in [4.78, 5) is 35.3. The van der Waals surface area contributed by atoms with E-state index in [1.807, 2.05) is 29.7 Å². The Morgan fingerprint density at radius 2 is 1.97 bits per heavy atom. The molecule has 182 valence electrons. The number of fused-ring (bicyclic) bond motifs is 1. The molecule has 0 spiro atoms. The van der Waals surface area contributed by atoms with Gasteiger partial charge in [-0.25, -0.2) is 4.85 Å². The van der Waals surface area contributed by atoms with Crippen molar-refractivity contribution in [3.63, 3.8) is 0 Å². The van der Waals surface area contributed by atoms with Crippen molar-refractivity contribution in [3.8, 4) is 5.69 Å². The van der Waals surface area contributed by atoms with Gasteiger partial charge in [0.25, 0.3) is 0 Å². The molecule has 1 fully saturated rings. The van der Waals surface area contributed by atoms with Crippen LogP contribution >= 0.6 is 0 Å². The first-order chi connectivity index (χ1) is 16.8. The van der Waals surface area contributed by atoms with Gasteiger partial charge in [-0.05, 0) is 43.5 Å². The maximum absolute atomic E-state index is 13.5. The number of likely N-dealkylation sites (tertiary alicyclic amines) is 1. The van der Waals surface area contributed by atoms with Crippen LogP contribution < -0.4 is 5.73 Å². The van der Waals surface area contributed by atoms with Gasteiger partial charge in [0.2, 0.25) is 5.91 Å². The standard InChI is InChI=1S/C26H29N5O4/c1-16-24(22(33)15-30-10-8-20(32)9-11-30)25-21(31(16)19-6-4-18(28-2)5-7-19)12-17(14-29-25)13-23(35-3)26(27)34/h4-7,12,14,20,23,32H,8-11,13,15H2,1,3H3,(H2,27,34). The molecule has 1 aliphatic heterocycles. The summed E-state index contributed by atoms with van der Waals surface area (Å²) in [6, 6.07) is 9.06. The van der Waals surface area contributed by atoms with Crippen LogP contribution in [0.25, 0.3) is 21.6 Å². The maximum Gasteiger partial charge on any atom is 0.246 e. The minimum Gasteiger partial charge on any atom is -0.393 e. The van der Waals surface area contributed by atoms with Crippen LogP contribution in [0.1, 0.15) is 34.5 Å². The van der Waals surface area contributed by atoms with E-state index >= 15 is 0 Å². The van der Waals surface area contributed by atoms with E-state index in [-0.39, 0.29) is 24.9 Å². The molecular formula is C26H29N5O4. The number of amides is 1. The number of rotatable bonds is 8. The van der Waals surface area contributed by atoms with Crippen LogP contribution in [-0.2, 0) is 16.0 Å².